The lowest BCUT2D eigenvalue weighted by Crippen LogP contribution is -2.62. The minimum atomic E-state index is -1.52. The number of nitrogens with zero attached hydrogens (tertiary/aromatic N) is 1. The van der Waals surface area contributed by atoms with Gasteiger partial charge in [-0.15, -0.1) is 0 Å². The minimum absolute atomic E-state index is 0.0684. The Hall–Kier alpha value is -3.49. The number of amides is 1. The van der Waals surface area contributed by atoms with Gasteiger partial charge in [-0.05, 0) is 39.9 Å². The van der Waals surface area contributed by atoms with Crippen molar-refractivity contribution in [3.8, 4) is 16.9 Å². The van der Waals surface area contributed by atoms with Gasteiger partial charge in [0.2, 0.25) is 0 Å². The van der Waals surface area contributed by atoms with Crippen LogP contribution in [0.25, 0.3) is 11.1 Å². The molecule has 1 aliphatic carbocycles. The fourth-order valence-electron chi connectivity index (χ4n) is 6.20. The van der Waals surface area contributed by atoms with E-state index < -0.39 is 41.2 Å². The normalized spacial score (nSPS) is 24.4. The first kappa shape index (κ1) is 23.9. The lowest BCUT2D eigenvalue weighted by molar-refractivity contribution is -0.136. The molecule has 3 aliphatic rings. The molecule has 2 unspecified atom stereocenters. The number of carbonyl (C=O) groups is 1. The number of aliphatic hydroxyl groups is 1. The second-order valence-electron chi connectivity index (χ2n) is 9.97. The Morgan fingerprint density at radius 1 is 1.00 bits per heavy atom. The van der Waals surface area contributed by atoms with E-state index in [1.807, 2.05) is 24.3 Å². The Labute approximate surface area is 213 Å². The maximum Gasteiger partial charge on any atom is 0.410 e. The Kier molecular flexibility index (Phi) is 5.88. The molecular weight excluding hydrogens is 480 g/mol. The number of methoxy groups -OCH3 is 1. The van der Waals surface area contributed by atoms with Crippen LogP contribution < -0.4 is 4.74 Å². The van der Waals surface area contributed by atoms with E-state index in [1.54, 1.807) is 4.90 Å². The predicted molar refractivity (Wildman–Crippen MR) is 131 cm³/mol. The number of halogens is 2. The highest BCUT2D eigenvalue weighted by Crippen LogP contribution is 2.46. The summed E-state index contributed by atoms with van der Waals surface area (Å²) in [4.78, 5) is 15.0. The van der Waals surface area contributed by atoms with E-state index in [4.69, 9.17) is 14.2 Å². The van der Waals surface area contributed by atoms with Crippen LogP contribution in [0.2, 0.25) is 0 Å². The Morgan fingerprint density at radius 2 is 1.54 bits per heavy atom. The van der Waals surface area contributed by atoms with Gasteiger partial charge < -0.3 is 19.3 Å². The zero-order chi connectivity index (χ0) is 25.7. The van der Waals surface area contributed by atoms with Crippen molar-refractivity contribution >= 4 is 6.09 Å². The molecule has 3 aromatic rings. The number of benzene rings is 3. The molecule has 8 heteroatoms. The summed E-state index contributed by atoms with van der Waals surface area (Å²) < 4.78 is 45.1. The van der Waals surface area contributed by atoms with E-state index in [1.165, 1.54) is 7.11 Å². The minimum Gasteiger partial charge on any atom is -0.491 e. The van der Waals surface area contributed by atoms with Crippen LogP contribution in [0.15, 0.2) is 60.7 Å². The van der Waals surface area contributed by atoms with Crippen LogP contribution in [0, 0.1) is 11.6 Å². The molecule has 0 aromatic heterocycles. The quantitative estimate of drug-likeness (QED) is 0.540. The molecule has 2 fully saturated rings. The van der Waals surface area contributed by atoms with Crippen molar-refractivity contribution < 1.29 is 32.9 Å². The van der Waals surface area contributed by atoms with Gasteiger partial charge >= 0.3 is 6.09 Å². The molecule has 192 valence electrons. The van der Waals surface area contributed by atoms with E-state index in [0.717, 1.165) is 34.4 Å². The van der Waals surface area contributed by atoms with Crippen LogP contribution in [0.5, 0.6) is 5.75 Å². The molecule has 0 spiro atoms. The molecule has 2 heterocycles. The first-order chi connectivity index (χ1) is 17.9. The third kappa shape index (κ3) is 3.95. The van der Waals surface area contributed by atoms with Gasteiger partial charge in [0.1, 0.15) is 6.61 Å². The second kappa shape index (κ2) is 9.11. The average molecular weight is 508 g/mol. The molecule has 0 saturated carbocycles. The average Bonchev–Trinajstić information content (AvgIpc) is 3.20. The number of carbonyl (C=O) groups excluding carboxylic acids is 1. The SMILES string of the molecule is COc1c(F)cc(C2(O)CC3COCC(C2)N3C(=O)OCC2c3ccccc3-c3ccccc32)cc1F. The highest BCUT2D eigenvalue weighted by Gasteiger charge is 2.50. The highest BCUT2D eigenvalue weighted by atomic mass is 19.1. The molecule has 2 aliphatic heterocycles. The molecule has 1 N–H and O–H groups in total. The van der Waals surface area contributed by atoms with Crippen molar-refractivity contribution in [1.29, 1.82) is 0 Å². The summed E-state index contributed by atoms with van der Waals surface area (Å²) >= 11 is 0. The Balaban J connectivity index is 1.21. The molecule has 6 rings (SSSR count). The number of fused-ring (bicyclic) bond motifs is 5. The van der Waals surface area contributed by atoms with Gasteiger partial charge in [-0.2, -0.15) is 0 Å². The van der Waals surface area contributed by atoms with Gasteiger partial charge in [0.05, 0.1) is 38.0 Å². The zero-order valence-electron chi connectivity index (χ0n) is 20.3. The van der Waals surface area contributed by atoms with Crippen LogP contribution in [0.4, 0.5) is 13.6 Å². The van der Waals surface area contributed by atoms with E-state index in [9.17, 15) is 18.7 Å². The molecule has 0 radical (unpaired) electrons. The molecule has 2 atom stereocenters. The van der Waals surface area contributed by atoms with Crippen LogP contribution >= 0.6 is 0 Å². The Morgan fingerprint density at radius 3 is 2.08 bits per heavy atom. The maximum absolute atomic E-state index is 14.4. The molecule has 2 bridgehead atoms. The van der Waals surface area contributed by atoms with Crippen molar-refractivity contribution in [2.75, 3.05) is 26.9 Å². The third-order valence-electron chi connectivity index (χ3n) is 7.84. The summed E-state index contributed by atoms with van der Waals surface area (Å²) in [6.07, 6.45) is -0.341. The van der Waals surface area contributed by atoms with Gasteiger partial charge in [0.25, 0.3) is 0 Å². The van der Waals surface area contributed by atoms with Crippen molar-refractivity contribution in [3.05, 3.63) is 89.0 Å². The lowest BCUT2D eigenvalue weighted by Gasteiger charge is -2.51. The maximum atomic E-state index is 14.4. The molecule has 1 amide bonds. The van der Waals surface area contributed by atoms with Gasteiger partial charge in [0.15, 0.2) is 17.4 Å². The number of hydrogen-bond donors (Lipinski definition) is 1. The van der Waals surface area contributed by atoms with Gasteiger partial charge in [-0.3, -0.25) is 4.90 Å². The zero-order valence-corrected chi connectivity index (χ0v) is 20.3. The van der Waals surface area contributed by atoms with Crippen LogP contribution in [-0.2, 0) is 15.1 Å². The van der Waals surface area contributed by atoms with Crippen LogP contribution in [0.1, 0.15) is 35.4 Å². The van der Waals surface area contributed by atoms with Gasteiger partial charge in [0, 0.05) is 18.8 Å². The largest absolute Gasteiger partial charge is 0.491 e. The monoisotopic (exact) mass is 507 g/mol. The number of hydrogen-bond acceptors (Lipinski definition) is 5. The summed E-state index contributed by atoms with van der Waals surface area (Å²) in [6.45, 7) is 0.580. The van der Waals surface area contributed by atoms with Gasteiger partial charge in [-0.1, -0.05) is 48.5 Å². The lowest BCUT2D eigenvalue weighted by atomic mass is 9.77. The van der Waals surface area contributed by atoms with Crippen molar-refractivity contribution in [3.63, 3.8) is 0 Å². The molecular formula is C29H27F2NO5. The Bertz CT molecular complexity index is 1280. The fraction of sp³-hybridized carbons (Fsp3) is 0.345. The van der Waals surface area contributed by atoms with Crippen LogP contribution in [0.3, 0.4) is 0 Å². The molecule has 6 nitrogen and oxygen atoms in total. The van der Waals surface area contributed by atoms with Gasteiger partial charge in [-0.25, -0.2) is 13.6 Å². The van der Waals surface area contributed by atoms with E-state index >= 15 is 0 Å². The molecule has 37 heavy (non-hydrogen) atoms. The van der Waals surface area contributed by atoms with Crippen molar-refractivity contribution in [2.45, 2.75) is 36.4 Å². The fourth-order valence-corrected chi connectivity index (χ4v) is 6.20. The standard InChI is InChI=1S/C29H27F2NO5/c1-35-27-25(30)10-17(11-26(27)31)29(34)12-18-14-36-15-19(13-29)32(18)28(33)37-16-24-22-8-4-2-6-20(22)21-7-3-5-9-23(21)24/h2-11,18-19,24,34H,12-16H2,1H3. The van der Waals surface area contributed by atoms with Crippen LogP contribution in [-0.4, -0.2) is 55.1 Å². The molecule has 3 aromatic carbocycles. The topological polar surface area (TPSA) is 68.2 Å². The summed E-state index contributed by atoms with van der Waals surface area (Å²) in [5.41, 5.74) is 3.13. The van der Waals surface area contributed by atoms with E-state index in [-0.39, 0.29) is 44.1 Å². The first-order valence-electron chi connectivity index (χ1n) is 12.4. The molecule has 2 saturated heterocycles. The van der Waals surface area contributed by atoms with E-state index in [2.05, 4.69) is 24.3 Å². The summed E-state index contributed by atoms with van der Waals surface area (Å²) in [5.74, 6) is -2.33. The summed E-state index contributed by atoms with van der Waals surface area (Å²) in [7, 11) is 1.19. The second-order valence-corrected chi connectivity index (χ2v) is 9.97. The first-order valence-corrected chi connectivity index (χ1v) is 12.4. The van der Waals surface area contributed by atoms with E-state index in [0.29, 0.717) is 0 Å². The number of rotatable bonds is 4. The number of morpholine rings is 1. The summed E-state index contributed by atoms with van der Waals surface area (Å²) in [6, 6.07) is 17.4. The van der Waals surface area contributed by atoms with Crippen molar-refractivity contribution in [2.24, 2.45) is 0 Å². The van der Waals surface area contributed by atoms with Crippen molar-refractivity contribution in [1.82, 2.24) is 4.90 Å². The smallest absolute Gasteiger partial charge is 0.410 e. The summed E-state index contributed by atoms with van der Waals surface area (Å²) in [5, 5.41) is 11.5. The number of piperidine rings is 1. The third-order valence-corrected chi connectivity index (χ3v) is 7.84. The predicted octanol–water partition coefficient (Wildman–Crippen LogP) is 4.97. The number of ether oxygens (including phenoxy) is 3. The highest BCUT2D eigenvalue weighted by molar-refractivity contribution is 5.79.